The monoisotopic (exact) mass is 405 g/mol. The first-order chi connectivity index (χ1) is 14.1. The van der Waals surface area contributed by atoms with E-state index in [0.29, 0.717) is 23.7 Å². The lowest BCUT2D eigenvalue weighted by Crippen LogP contribution is -2.49. The van der Waals surface area contributed by atoms with E-state index in [2.05, 4.69) is 24.4 Å². The molecular formula is C23H23N3O2S. The van der Waals surface area contributed by atoms with Crippen LogP contribution in [0.1, 0.15) is 27.2 Å². The number of benzene rings is 2. The number of amides is 3. The number of hydrogen-bond acceptors (Lipinski definition) is 3. The minimum absolute atomic E-state index is 0.00114. The first-order valence-corrected chi connectivity index (χ1v) is 10.6. The molecule has 1 saturated heterocycles. The average Bonchev–Trinajstić information content (AvgIpc) is 3.26. The molecule has 0 aliphatic carbocycles. The van der Waals surface area contributed by atoms with Crippen LogP contribution >= 0.6 is 11.3 Å². The zero-order valence-corrected chi connectivity index (χ0v) is 17.1. The van der Waals surface area contributed by atoms with Crippen molar-refractivity contribution in [1.82, 2.24) is 4.90 Å². The number of aryl methyl sites for hydroxylation is 1. The van der Waals surface area contributed by atoms with Gasteiger partial charge in [-0.05, 0) is 54.1 Å². The van der Waals surface area contributed by atoms with Crippen molar-refractivity contribution in [2.75, 3.05) is 23.3 Å². The maximum atomic E-state index is 13.1. The number of rotatable bonds is 5. The van der Waals surface area contributed by atoms with E-state index in [1.54, 1.807) is 11.0 Å². The van der Waals surface area contributed by atoms with Gasteiger partial charge in [0.1, 0.15) is 0 Å². The van der Waals surface area contributed by atoms with Gasteiger partial charge in [0, 0.05) is 31.0 Å². The summed E-state index contributed by atoms with van der Waals surface area (Å²) in [4.78, 5) is 29.8. The fourth-order valence-electron chi connectivity index (χ4n) is 3.51. The highest BCUT2D eigenvalue weighted by Crippen LogP contribution is 2.25. The molecule has 4 rings (SSSR count). The Bertz CT molecular complexity index is 1020. The molecule has 148 valence electrons. The maximum absolute atomic E-state index is 13.1. The van der Waals surface area contributed by atoms with E-state index < -0.39 is 0 Å². The Morgan fingerprint density at radius 1 is 1.07 bits per heavy atom. The highest BCUT2D eigenvalue weighted by Gasteiger charge is 2.27. The van der Waals surface area contributed by atoms with Crippen LogP contribution in [0, 0.1) is 6.92 Å². The molecule has 2 heterocycles. The second-order valence-electron chi connectivity index (χ2n) is 7.12. The fourth-order valence-corrected chi connectivity index (χ4v) is 4.13. The molecule has 3 amide bonds. The number of carbonyl (C=O) groups excluding carboxylic acids is 2. The molecule has 1 aromatic heterocycles. The van der Waals surface area contributed by atoms with Crippen molar-refractivity contribution in [3.8, 4) is 0 Å². The summed E-state index contributed by atoms with van der Waals surface area (Å²) < 4.78 is 0. The van der Waals surface area contributed by atoms with Crippen LogP contribution in [0.15, 0.2) is 66.0 Å². The number of carbonyl (C=O) groups is 2. The molecule has 0 spiro atoms. The molecule has 29 heavy (non-hydrogen) atoms. The highest BCUT2D eigenvalue weighted by molar-refractivity contribution is 7.12. The Morgan fingerprint density at radius 3 is 2.72 bits per heavy atom. The molecule has 0 bridgehead atoms. The second kappa shape index (κ2) is 8.49. The summed E-state index contributed by atoms with van der Waals surface area (Å²) in [6.45, 7) is 4.10. The van der Waals surface area contributed by atoms with Crippen LogP contribution in [0.25, 0.3) is 0 Å². The van der Waals surface area contributed by atoms with Crippen LogP contribution < -0.4 is 10.2 Å². The van der Waals surface area contributed by atoms with Crippen molar-refractivity contribution in [3.05, 3.63) is 82.0 Å². The van der Waals surface area contributed by atoms with Crippen LogP contribution in [0.2, 0.25) is 0 Å². The van der Waals surface area contributed by atoms with Gasteiger partial charge in [-0.1, -0.05) is 36.4 Å². The molecule has 0 atom stereocenters. The molecular weight excluding hydrogens is 382 g/mol. The molecule has 1 fully saturated rings. The summed E-state index contributed by atoms with van der Waals surface area (Å²) in [5.74, 6) is -0.136. The first-order valence-electron chi connectivity index (χ1n) is 9.68. The fraction of sp³-hybridized carbons (Fsp3) is 0.217. The molecule has 6 heteroatoms. The number of thiophene rings is 1. The predicted octanol–water partition coefficient (Wildman–Crippen LogP) is 5.14. The third kappa shape index (κ3) is 4.32. The van der Waals surface area contributed by atoms with Crippen molar-refractivity contribution in [1.29, 1.82) is 0 Å². The van der Waals surface area contributed by atoms with E-state index >= 15 is 0 Å². The molecule has 5 nitrogen and oxygen atoms in total. The lowest BCUT2D eigenvalue weighted by Gasteiger charge is -2.36. The maximum Gasteiger partial charge on any atom is 0.324 e. The van der Waals surface area contributed by atoms with Gasteiger partial charge in [-0.15, -0.1) is 11.3 Å². The number of anilines is 2. The summed E-state index contributed by atoms with van der Waals surface area (Å²) in [6.07, 6.45) is 0.906. The van der Waals surface area contributed by atoms with Crippen molar-refractivity contribution >= 4 is 34.6 Å². The molecule has 1 N–H and O–H groups in total. The molecule has 0 saturated carbocycles. The summed E-state index contributed by atoms with van der Waals surface area (Å²) in [5.41, 5.74) is 3.84. The molecule has 0 radical (unpaired) electrons. The average molecular weight is 406 g/mol. The van der Waals surface area contributed by atoms with E-state index in [1.165, 1.54) is 22.5 Å². The van der Waals surface area contributed by atoms with E-state index in [1.807, 2.05) is 52.7 Å². The van der Waals surface area contributed by atoms with Crippen LogP contribution in [0.4, 0.5) is 16.2 Å². The Morgan fingerprint density at radius 2 is 1.93 bits per heavy atom. The molecule has 2 aromatic carbocycles. The largest absolute Gasteiger partial charge is 0.324 e. The number of nitrogens with zero attached hydrogens (tertiary/aromatic N) is 2. The van der Waals surface area contributed by atoms with Gasteiger partial charge in [0.15, 0.2) is 0 Å². The predicted molar refractivity (Wildman–Crippen MR) is 118 cm³/mol. The number of hydrogen-bond donors (Lipinski definition) is 1. The number of nitrogens with one attached hydrogen (secondary N) is 1. The van der Waals surface area contributed by atoms with Gasteiger partial charge >= 0.3 is 6.03 Å². The van der Waals surface area contributed by atoms with Gasteiger partial charge in [0.2, 0.25) is 0 Å². The Kier molecular flexibility index (Phi) is 5.62. The minimum atomic E-state index is -0.136. The van der Waals surface area contributed by atoms with Gasteiger partial charge in [-0.2, -0.15) is 0 Å². The molecule has 1 aliphatic heterocycles. The third-order valence-electron chi connectivity index (χ3n) is 5.09. The smallest absolute Gasteiger partial charge is 0.321 e. The third-order valence-corrected chi connectivity index (χ3v) is 5.96. The van der Waals surface area contributed by atoms with E-state index in [0.717, 1.165) is 18.7 Å². The van der Waals surface area contributed by atoms with Crippen molar-refractivity contribution in [2.45, 2.75) is 19.9 Å². The van der Waals surface area contributed by atoms with Crippen molar-refractivity contribution in [2.24, 2.45) is 0 Å². The highest BCUT2D eigenvalue weighted by atomic mass is 32.1. The lowest BCUT2D eigenvalue weighted by molar-refractivity contribution is 0.103. The zero-order chi connectivity index (χ0) is 20.2. The van der Waals surface area contributed by atoms with Gasteiger partial charge in [-0.3, -0.25) is 9.69 Å². The second-order valence-corrected chi connectivity index (χ2v) is 8.07. The standard InChI is InChI=1S/C23H23N3O2S/c1-17-7-2-3-8-18(17)16-25-12-6-13-26(23(25)28)20-10-4-9-19(15-20)24-22(27)21-11-5-14-29-21/h2-5,7-11,14-15H,6,12-13,16H2,1H3,(H,24,27). The molecule has 3 aromatic rings. The Balaban J connectivity index is 1.49. The van der Waals surface area contributed by atoms with Crippen molar-refractivity contribution < 1.29 is 9.59 Å². The topological polar surface area (TPSA) is 52.6 Å². The summed E-state index contributed by atoms with van der Waals surface area (Å²) in [5, 5.41) is 4.79. The SMILES string of the molecule is Cc1ccccc1CN1CCCN(c2cccc(NC(=O)c3cccs3)c2)C1=O. The first kappa shape index (κ1) is 19.2. The molecule has 0 unspecified atom stereocenters. The van der Waals surface area contributed by atoms with Crippen LogP contribution in [-0.2, 0) is 6.54 Å². The normalized spacial score (nSPS) is 14.2. The zero-order valence-electron chi connectivity index (χ0n) is 16.3. The van der Waals surface area contributed by atoms with Crippen LogP contribution in [0.3, 0.4) is 0 Å². The summed E-state index contributed by atoms with van der Waals surface area (Å²) >= 11 is 1.40. The Labute approximate surface area is 174 Å². The van der Waals surface area contributed by atoms with Crippen LogP contribution in [0.5, 0.6) is 0 Å². The molecule has 1 aliphatic rings. The van der Waals surface area contributed by atoms with Gasteiger partial charge in [0.25, 0.3) is 5.91 Å². The van der Waals surface area contributed by atoms with E-state index in [9.17, 15) is 9.59 Å². The quantitative estimate of drug-likeness (QED) is 0.639. The minimum Gasteiger partial charge on any atom is -0.321 e. The summed E-state index contributed by atoms with van der Waals surface area (Å²) in [6, 6.07) is 19.3. The van der Waals surface area contributed by atoms with Crippen LogP contribution in [-0.4, -0.2) is 29.9 Å². The number of urea groups is 1. The van der Waals surface area contributed by atoms with Crippen molar-refractivity contribution in [3.63, 3.8) is 0 Å². The van der Waals surface area contributed by atoms with E-state index in [-0.39, 0.29) is 11.9 Å². The van der Waals surface area contributed by atoms with E-state index in [4.69, 9.17) is 0 Å². The lowest BCUT2D eigenvalue weighted by atomic mass is 10.1. The summed E-state index contributed by atoms with van der Waals surface area (Å²) in [7, 11) is 0. The van der Waals surface area contributed by atoms with Gasteiger partial charge in [-0.25, -0.2) is 4.79 Å². The Hall–Kier alpha value is -3.12. The van der Waals surface area contributed by atoms with Gasteiger partial charge < -0.3 is 10.2 Å². The van der Waals surface area contributed by atoms with Gasteiger partial charge in [0.05, 0.1) is 4.88 Å².